The van der Waals surface area contributed by atoms with Crippen LogP contribution in [0.15, 0.2) is 60.7 Å². The molecule has 0 aliphatic rings. The Morgan fingerprint density at radius 1 is 0.885 bits per heavy atom. The second-order valence-electron chi connectivity index (χ2n) is 6.18. The van der Waals surface area contributed by atoms with Crippen LogP contribution in [0.3, 0.4) is 0 Å². The predicted molar refractivity (Wildman–Crippen MR) is 98.0 cm³/mol. The van der Waals surface area contributed by atoms with Gasteiger partial charge in [-0.1, -0.05) is 30.3 Å². The smallest absolute Gasteiger partial charge is 0.249 e. The molecule has 5 heteroatoms. The zero-order chi connectivity index (χ0) is 18.3. The third-order valence-electron chi connectivity index (χ3n) is 4.71. The maximum absolute atomic E-state index is 14.0. The summed E-state index contributed by atoms with van der Waals surface area (Å²) in [6.45, 7) is 0.379. The Morgan fingerprint density at radius 3 is 2.27 bits per heavy atom. The van der Waals surface area contributed by atoms with Crippen molar-refractivity contribution in [2.45, 2.75) is 13.0 Å². The zero-order valence-electron chi connectivity index (χ0n) is 13.9. The lowest BCUT2D eigenvalue weighted by Crippen LogP contribution is -2.11. The van der Waals surface area contributed by atoms with Gasteiger partial charge in [0, 0.05) is 39.5 Å². The Morgan fingerprint density at radius 2 is 1.54 bits per heavy atom. The minimum Gasteiger partial charge on any atom is -0.366 e. The van der Waals surface area contributed by atoms with Gasteiger partial charge in [-0.2, -0.15) is 0 Å². The molecule has 2 N–H and O–H groups in total. The second-order valence-corrected chi connectivity index (χ2v) is 6.18. The summed E-state index contributed by atoms with van der Waals surface area (Å²) >= 11 is 0. The number of carbonyl (C=O) groups excluding carboxylic acids is 1. The molecular weight excluding hydrogens is 334 g/mol. The van der Waals surface area contributed by atoms with Gasteiger partial charge in [-0.05, 0) is 36.8 Å². The van der Waals surface area contributed by atoms with Gasteiger partial charge in [0.05, 0.1) is 0 Å². The topological polar surface area (TPSA) is 48.0 Å². The Balaban J connectivity index is 1.89. The van der Waals surface area contributed by atoms with E-state index in [9.17, 15) is 13.6 Å². The van der Waals surface area contributed by atoms with Crippen molar-refractivity contribution in [3.63, 3.8) is 0 Å². The molecule has 26 heavy (non-hydrogen) atoms. The largest absolute Gasteiger partial charge is 0.366 e. The van der Waals surface area contributed by atoms with E-state index in [1.165, 1.54) is 18.2 Å². The quantitative estimate of drug-likeness (QED) is 0.582. The summed E-state index contributed by atoms with van der Waals surface area (Å²) in [5, 5.41) is 1.66. The molecule has 0 aliphatic heterocycles. The number of para-hydroxylation sites is 1. The minimum absolute atomic E-state index is 0.0597. The van der Waals surface area contributed by atoms with Crippen molar-refractivity contribution in [2.24, 2.45) is 5.73 Å². The first-order chi connectivity index (χ1) is 12.6. The number of primary amides is 1. The first-order valence-electron chi connectivity index (χ1n) is 8.30. The molecule has 1 amide bonds. The van der Waals surface area contributed by atoms with E-state index >= 15 is 0 Å². The number of aryl methyl sites for hydroxylation is 1. The first kappa shape index (κ1) is 16.3. The number of amides is 1. The van der Waals surface area contributed by atoms with Crippen molar-refractivity contribution in [3.8, 4) is 0 Å². The van der Waals surface area contributed by atoms with E-state index in [0.717, 1.165) is 21.8 Å². The fourth-order valence-corrected chi connectivity index (χ4v) is 3.54. The molecule has 0 fully saturated rings. The number of nitrogens with two attached hydrogens (primary N) is 1. The number of carbonyl (C=O) groups is 1. The summed E-state index contributed by atoms with van der Waals surface area (Å²) < 4.78 is 29.9. The van der Waals surface area contributed by atoms with Gasteiger partial charge in [0.15, 0.2) is 0 Å². The number of hydrogen-bond acceptors (Lipinski definition) is 1. The molecule has 4 aromatic rings. The first-order valence-corrected chi connectivity index (χ1v) is 8.30. The van der Waals surface area contributed by atoms with Gasteiger partial charge >= 0.3 is 0 Å². The lowest BCUT2D eigenvalue weighted by atomic mass is 10.1. The molecule has 0 aliphatic carbocycles. The lowest BCUT2D eigenvalue weighted by Gasteiger charge is -2.09. The molecule has 3 aromatic carbocycles. The number of fused-ring (bicyclic) bond motifs is 3. The van der Waals surface area contributed by atoms with Crippen molar-refractivity contribution in [1.29, 1.82) is 0 Å². The van der Waals surface area contributed by atoms with Crippen LogP contribution in [0.25, 0.3) is 21.8 Å². The zero-order valence-corrected chi connectivity index (χ0v) is 13.9. The maximum Gasteiger partial charge on any atom is 0.249 e. The lowest BCUT2D eigenvalue weighted by molar-refractivity contribution is 0.100. The number of halogens is 2. The van der Waals surface area contributed by atoms with E-state index in [2.05, 4.69) is 0 Å². The van der Waals surface area contributed by atoms with Crippen molar-refractivity contribution in [1.82, 2.24) is 4.57 Å². The van der Waals surface area contributed by atoms with E-state index < -0.39 is 17.5 Å². The van der Waals surface area contributed by atoms with Crippen LogP contribution in [0.1, 0.15) is 15.9 Å². The van der Waals surface area contributed by atoms with Crippen LogP contribution in [0.2, 0.25) is 0 Å². The Bertz CT molecular complexity index is 1130. The Kier molecular flexibility index (Phi) is 3.92. The van der Waals surface area contributed by atoms with E-state index in [0.29, 0.717) is 12.1 Å². The molecule has 130 valence electrons. The molecule has 0 bridgehead atoms. The fourth-order valence-electron chi connectivity index (χ4n) is 3.54. The highest BCUT2D eigenvalue weighted by molar-refractivity contribution is 6.17. The molecule has 1 aromatic heterocycles. The van der Waals surface area contributed by atoms with Crippen LogP contribution in [-0.4, -0.2) is 10.5 Å². The monoisotopic (exact) mass is 350 g/mol. The number of benzene rings is 3. The van der Waals surface area contributed by atoms with Crippen LogP contribution in [-0.2, 0) is 13.0 Å². The highest BCUT2D eigenvalue weighted by Crippen LogP contribution is 2.32. The SMILES string of the molecule is NC(=O)c1cccc2c1c1ccccc1n2CCc1c(F)cccc1F. The van der Waals surface area contributed by atoms with Gasteiger partial charge in [-0.25, -0.2) is 8.78 Å². The fraction of sp³-hybridized carbons (Fsp3) is 0.0952. The summed E-state index contributed by atoms with van der Waals surface area (Å²) in [7, 11) is 0. The van der Waals surface area contributed by atoms with E-state index in [1.54, 1.807) is 12.1 Å². The van der Waals surface area contributed by atoms with Crippen molar-refractivity contribution < 1.29 is 13.6 Å². The minimum atomic E-state index is -0.552. The average Bonchev–Trinajstić information content (AvgIpc) is 2.95. The van der Waals surface area contributed by atoms with Gasteiger partial charge in [-0.15, -0.1) is 0 Å². The average molecular weight is 350 g/mol. The summed E-state index contributed by atoms with van der Waals surface area (Å²) in [5.74, 6) is -1.61. The summed E-state index contributed by atoms with van der Waals surface area (Å²) in [6, 6.07) is 16.9. The Labute approximate surface area is 148 Å². The van der Waals surface area contributed by atoms with Gasteiger partial charge in [0.2, 0.25) is 5.91 Å². The van der Waals surface area contributed by atoms with E-state index in [4.69, 9.17) is 5.73 Å². The summed E-state index contributed by atoms with van der Waals surface area (Å²) in [6.07, 6.45) is 0.201. The normalized spacial score (nSPS) is 11.3. The number of nitrogens with zero attached hydrogens (tertiary/aromatic N) is 1. The summed E-state index contributed by atoms with van der Waals surface area (Å²) in [4.78, 5) is 11.9. The molecule has 4 rings (SSSR count). The number of hydrogen-bond donors (Lipinski definition) is 1. The molecule has 0 radical (unpaired) electrons. The van der Waals surface area contributed by atoms with Crippen molar-refractivity contribution >= 4 is 27.7 Å². The maximum atomic E-state index is 14.0. The molecule has 0 saturated heterocycles. The van der Waals surface area contributed by atoms with Gasteiger partial charge in [0.25, 0.3) is 0 Å². The van der Waals surface area contributed by atoms with Crippen molar-refractivity contribution in [3.05, 3.63) is 83.4 Å². The van der Waals surface area contributed by atoms with Gasteiger partial charge in [0.1, 0.15) is 11.6 Å². The number of aromatic nitrogens is 1. The molecule has 3 nitrogen and oxygen atoms in total. The van der Waals surface area contributed by atoms with E-state index in [-0.39, 0.29) is 12.0 Å². The summed E-state index contributed by atoms with van der Waals surface area (Å²) in [5.41, 5.74) is 7.75. The Hall–Kier alpha value is -3.21. The second kappa shape index (κ2) is 6.26. The van der Waals surface area contributed by atoms with Crippen LogP contribution in [0.4, 0.5) is 8.78 Å². The van der Waals surface area contributed by atoms with E-state index in [1.807, 2.05) is 34.9 Å². The van der Waals surface area contributed by atoms with Crippen LogP contribution in [0.5, 0.6) is 0 Å². The van der Waals surface area contributed by atoms with Crippen LogP contribution in [0, 0.1) is 11.6 Å². The van der Waals surface area contributed by atoms with Gasteiger partial charge < -0.3 is 10.3 Å². The van der Waals surface area contributed by atoms with Gasteiger partial charge in [-0.3, -0.25) is 4.79 Å². The highest BCUT2D eigenvalue weighted by atomic mass is 19.1. The molecule has 0 saturated carbocycles. The van der Waals surface area contributed by atoms with Crippen LogP contribution < -0.4 is 5.73 Å². The molecule has 0 unspecified atom stereocenters. The molecular formula is C21H16F2N2O. The standard InChI is InChI=1S/C21H16F2N2O/c22-16-7-4-8-17(23)13(16)11-12-25-18-9-2-1-5-14(18)20-15(21(24)26)6-3-10-19(20)25/h1-10H,11-12H2,(H2,24,26). The molecule has 0 atom stereocenters. The molecule has 0 spiro atoms. The third kappa shape index (κ3) is 2.52. The van der Waals surface area contributed by atoms with Crippen LogP contribution >= 0.6 is 0 Å². The highest BCUT2D eigenvalue weighted by Gasteiger charge is 2.17. The predicted octanol–water partition coefficient (Wildman–Crippen LogP) is 4.41. The third-order valence-corrected chi connectivity index (χ3v) is 4.71. The number of rotatable bonds is 4. The molecule has 1 heterocycles. The van der Waals surface area contributed by atoms with Crippen molar-refractivity contribution in [2.75, 3.05) is 0 Å².